The molecule has 13 heavy (non-hydrogen) atoms. The molecule has 0 aromatic heterocycles. The van der Waals surface area contributed by atoms with Gasteiger partial charge >= 0.3 is 6.09 Å². The minimum Gasteiger partial charge on any atom is -0.450 e. The van der Waals surface area contributed by atoms with Gasteiger partial charge in [0.05, 0.1) is 13.0 Å². The molecule has 1 atom stereocenters. The number of alkyl carbamates (subject to hydrolysis) is 1. The SMILES string of the molecule is CCOC(=O)N/C(C)=C\CPCO. The molecule has 0 aliphatic carbocycles. The molecule has 0 aromatic carbocycles. The third kappa shape index (κ3) is 7.75. The van der Waals surface area contributed by atoms with Gasteiger partial charge in [0.2, 0.25) is 0 Å². The summed E-state index contributed by atoms with van der Waals surface area (Å²) in [6, 6.07) is 0. The van der Waals surface area contributed by atoms with Gasteiger partial charge in [0.15, 0.2) is 0 Å². The van der Waals surface area contributed by atoms with Crippen molar-refractivity contribution in [2.75, 3.05) is 19.1 Å². The Kier molecular flexibility index (Phi) is 7.65. The van der Waals surface area contributed by atoms with Crippen LogP contribution in [0.2, 0.25) is 0 Å². The van der Waals surface area contributed by atoms with E-state index in [4.69, 9.17) is 5.11 Å². The molecule has 2 N–H and O–H groups in total. The second kappa shape index (κ2) is 8.02. The van der Waals surface area contributed by atoms with Crippen LogP contribution in [0.25, 0.3) is 0 Å². The van der Waals surface area contributed by atoms with Crippen LogP contribution in [0.3, 0.4) is 0 Å². The largest absolute Gasteiger partial charge is 0.450 e. The standard InChI is InChI=1S/C8H16NO3P/c1-3-12-8(11)9-7(2)4-5-13-6-10/h4,10,13H,3,5-6H2,1-2H3,(H,9,11)/b7-4-. The molecule has 0 spiro atoms. The first-order chi connectivity index (χ1) is 6.20. The van der Waals surface area contributed by atoms with Gasteiger partial charge in [-0.2, -0.15) is 0 Å². The van der Waals surface area contributed by atoms with Crippen molar-refractivity contribution >= 4 is 14.7 Å². The number of aliphatic hydroxyl groups excluding tert-OH is 1. The maximum atomic E-state index is 10.9. The predicted molar refractivity (Wildman–Crippen MR) is 54.2 cm³/mol. The molecule has 0 radical (unpaired) electrons. The highest BCUT2D eigenvalue weighted by Crippen LogP contribution is 2.07. The zero-order chi connectivity index (χ0) is 10.1. The topological polar surface area (TPSA) is 58.6 Å². The average Bonchev–Trinajstić information content (AvgIpc) is 2.05. The van der Waals surface area contributed by atoms with Gasteiger partial charge in [-0.05, 0) is 20.0 Å². The Bertz CT molecular complexity index is 182. The van der Waals surface area contributed by atoms with Crippen LogP contribution in [0.5, 0.6) is 0 Å². The summed E-state index contributed by atoms with van der Waals surface area (Å²) in [7, 11) is 0.492. The second-order valence-electron chi connectivity index (χ2n) is 2.34. The van der Waals surface area contributed by atoms with Crippen molar-refractivity contribution < 1.29 is 14.6 Å². The summed E-state index contributed by atoms with van der Waals surface area (Å²) in [5.74, 6) is 0. The van der Waals surface area contributed by atoms with Crippen molar-refractivity contribution in [3.63, 3.8) is 0 Å². The Morgan fingerprint density at radius 3 is 2.92 bits per heavy atom. The van der Waals surface area contributed by atoms with Crippen LogP contribution in [0.15, 0.2) is 11.8 Å². The summed E-state index contributed by atoms with van der Waals surface area (Å²) in [5.41, 5.74) is 0.763. The number of carbonyl (C=O) groups excluding carboxylic acids is 1. The van der Waals surface area contributed by atoms with E-state index in [-0.39, 0.29) is 6.35 Å². The smallest absolute Gasteiger partial charge is 0.411 e. The molecule has 0 saturated heterocycles. The van der Waals surface area contributed by atoms with Gasteiger partial charge in [0.1, 0.15) is 0 Å². The summed E-state index contributed by atoms with van der Waals surface area (Å²) in [5, 5.41) is 11.1. The molecule has 0 bridgehead atoms. The number of hydrogen-bond acceptors (Lipinski definition) is 3. The van der Waals surface area contributed by atoms with E-state index in [1.165, 1.54) is 0 Å². The molecule has 0 heterocycles. The van der Waals surface area contributed by atoms with Gasteiger partial charge in [-0.25, -0.2) is 4.79 Å². The lowest BCUT2D eigenvalue weighted by Gasteiger charge is -2.04. The number of nitrogens with one attached hydrogen (secondary N) is 1. The Balaban J connectivity index is 3.64. The Labute approximate surface area is 80.1 Å². The highest BCUT2D eigenvalue weighted by atomic mass is 31.1. The van der Waals surface area contributed by atoms with Crippen molar-refractivity contribution in [3.05, 3.63) is 11.8 Å². The van der Waals surface area contributed by atoms with Crippen LogP contribution in [0, 0.1) is 0 Å². The fourth-order valence-electron chi connectivity index (χ4n) is 0.669. The van der Waals surface area contributed by atoms with Crippen molar-refractivity contribution in [1.29, 1.82) is 0 Å². The first kappa shape index (κ1) is 12.4. The van der Waals surface area contributed by atoms with Gasteiger partial charge in [-0.3, -0.25) is 5.32 Å². The van der Waals surface area contributed by atoms with E-state index in [1.807, 2.05) is 6.08 Å². The minimum atomic E-state index is -0.427. The molecule has 0 fully saturated rings. The lowest BCUT2D eigenvalue weighted by molar-refractivity contribution is 0.155. The van der Waals surface area contributed by atoms with E-state index in [0.717, 1.165) is 11.9 Å². The van der Waals surface area contributed by atoms with E-state index in [9.17, 15) is 4.79 Å². The van der Waals surface area contributed by atoms with Crippen LogP contribution in [-0.2, 0) is 4.74 Å². The minimum absolute atomic E-state index is 0.198. The van der Waals surface area contributed by atoms with Crippen LogP contribution in [0.4, 0.5) is 4.79 Å². The molecular formula is C8H16NO3P. The van der Waals surface area contributed by atoms with Crippen LogP contribution in [-0.4, -0.2) is 30.3 Å². The average molecular weight is 205 g/mol. The normalized spacial score (nSPS) is 12.1. The molecular weight excluding hydrogens is 189 g/mol. The molecule has 4 nitrogen and oxygen atoms in total. The lowest BCUT2D eigenvalue weighted by Crippen LogP contribution is -2.22. The van der Waals surface area contributed by atoms with Crippen LogP contribution >= 0.6 is 8.58 Å². The van der Waals surface area contributed by atoms with Gasteiger partial charge in [0, 0.05) is 5.70 Å². The second-order valence-corrected chi connectivity index (χ2v) is 3.57. The molecule has 0 rings (SSSR count). The fraction of sp³-hybridized carbons (Fsp3) is 0.625. The number of ether oxygens (including phenoxy) is 1. The number of hydrogen-bond donors (Lipinski definition) is 2. The summed E-state index contributed by atoms with van der Waals surface area (Å²) in [6.07, 6.45) is 2.42. The zero-order valence-corrected chi connectivity index (χ0v) is 8.96. The van der Waals surface area contributed by atoms with Crippen LogP contribution < -0.4 is 5.32 Å². The van der Waals surface area contributed by atoms with Gasteiger partial charge < -0.3 is 9.84 Å². The molecule has 0 saturated carbocycles. The molecule has 0 aromatic rings. The molecule has 5 heteroatoms. The Hall–Kier alpha value is -0.600. The molecule has 1 amide bonds. The van der Waals surface area contributed by atoms with E-state index in [2.05, 4.69) is 10.1 Å². The maximum absolute atomic E-state index is 10.9. The predicted octanol–water partition coefficient (Wildman–Crippen LogP) is 1.26. The quantitative estimate of drug-likeness (QED) is 0.524. The lowest BCUT2D eigenvalue weighted by atomic mass is 10.5. The van der Waals surface area contributed by atoms with Gasteiger partial charge in [-0.15, -0.1) is 0 Å². The van der Waals surface area contributed by atoms with E-state index in [0.29, 0.717) is 15.2 Å². The number of carbonyl (C=O) groups is 1. The van der Waals surface area contributed by atoms with E-state index < -0.39 is 6.09 Å². The number of aliphatic hydroxyl groups is 1. The zero-order valence-electron chi connectivity index (χ0n) is 7.96. The van der Waals surface area contributed by atoms with E-state index in [1.54, 1.807) is 13.8 Å². The fourth-order valence-corrected chi connectivity index (χ4v) is 1.25. The van der Waals surface area contributed by atoms with Crippen molar-refractivity contribution in [1.82, 2.24) is 5.32 Å². The van der Waals surface area contributed by atoms with Crippen LogP contribution in [0.1, 0.15) is 13.8 Å². The summed E-state index contributed by atoms with van der Waals surface area (Å²) < 4.78 is 4.68. The van der Waals surface area contributed by atoms with Crippen molar-refractivity contribution in [2.45, 2.75) is 13.8 Å². The number of amides is 1. The first-order valence-electron chi connectivity index (χ1n) is 4.12. The molecule has 0 aliphatic heterocycles. The number of rotatable bonds is 5. The summed E-state index contributed by atoms with van der Waals surface area (Å²) >= 11 is 0. The highest BCUT2D eigenvalue weighted by molar-refractivity contribution is 7.37. The maximum Gasteiger partial charge on any atom is 0.411 e. The Morgan fingerprint density at radius 1 is 1.69 bits per heavy atom. The van der Waals surface area contributed by atoms with E-state index >= 15 is 0 Å². The first-order valence-corrected chi connectivity index (χ1v) is 5.54. The van der Waals surface area contributed by atoms with Gasteiger partial charge in [0.25, 0.3) is 0 Å². The highest BCUT2D eigenvalue weighted by Gasteiger charge is 1.98. The third-order valence-electron chi connectivity index (χ3n) is 1.24. The van der Waals surface area contributed by atoms with Gasteiger partial charge in [-0.1, -0.05) is 14.7 Å². The molecule has 76 valence electrons. The molecule has 1 unspecified atom stereocenters. The van der Waals surface area contributed by atoms with Crippen molar-refractivity contribution in [3.8, 4) is 0 Å². The van der Waals surface area contributed by atoms with Crippen molar-refractivity contribution in [2.24, 2.45) is 0 Å². The summed E-state index contributed by atoms with van der Waals surface area (Å²) in [4.78, 5) is 10.9. The monoisotopic (exact) mass is 205 g/mol. The Morgan fingerprint density at radius 2 is 2.38 bits per heavy atom. The molecule has 0 aliphatic rings. The number of allylic oxidation sites excluding steroid dienone is 2. The third-order valence-corrected chi connectivity index (χ3v) is 1.96. The summed E-state index contributed by atoms with van der Waals surface area (Å²) in [6.45, 7) is 3.92.